The largest absolute Gasteiger partial charge is 0.375 e. The highest BCUT2D eigenvalue weighted by molar-refractivity contribution is 5.04. The molecule has 8 unspecified atom stereocenters. The first kappa shape index (κ1) is 19.5. The van der Waals surface area contributed by atoms with E-state index in [1.165, 1.54) is 0 Å². The van der Waals surface area contributed by atoms with Crippen molar-refractivity contribution in [3.05, 3.63) is 0 Å². The van der Waals surface area contributed by atoms with Crippen LogP contribution in [0.3, 0.4) is 0 Å². The Kier molecular flexibility index (Phi) is 7.09. The molecule has 0 aromatic carbocycles. The van der Waals surface area contributed by atoms with Gasteiger partial charge in [-0.3, -0.25) is 0 Å². The zero-order valence-electron chi connectivity index (χ0n) is 15.7. The zero-order chi connectivity index (χ0) is 17.8. The first-order chi connectivity index (χ1) is 12.2. The van der Waals surface area contributed by atoms with E-state index in [-0.39, 0.29) is 24.0 Å². The number of rotatable bonds is 8. The molecule has 1 aliphatic heterocycles. The molecule has 5 heteroatoms. The average molecular weight is 360 g/mol. The van der Waals surface area contributed by atoms with Gasteiger partial charge in [-0.05, 0) is 50.4 Å². The van der Waals surface area contributed by atoms with E-state index < -0.39 is 24.6 Å². The third-order valence-corrected chi connectivity index (χ3v) is 6.23. The van der Waals surface area contributed by atoms with Gasteiger partial charge in [0.15, 0.2) is 12.3 Å². The topological polar surface area (TPSA) is 27.7 Å². The quantitative estimate of drug-likeness (QED) is 0.591. The van der Waals surface area contributed by atoms with Crippen molar-refractivity contribution in [1.82, 2.24) is 0 Å². The fraction of sp³-hybridized carbons (Fsp3) is 1.00. The highest BCUT2D eigenvalue weighted by atomic mass is 19.1. The van der Waals surface area contributed by atoms with E-state index in [1.807, 2.05) is 6.92 Å². The molecule has 0 N–H and O–H groups in total. The molecule has 2 saturated carbocycles. The third kappa shape index (κ3) is 4.19. The van der Waals surface area contributed by atoms with Crippen LogP contribution in [0.4, 0.5) is 8.78 Å². The van der Waals surface area contributed by atoms with E-state index in [0.717, 1.165) is 51.4 Å². The van der Waals surface area contributed by atoms with Crippen LogP contribution in [0.15, 0.2) is 0 Å². The molecule has 8 atom stereocenters. The lowest BCUT2D eigenvalue weighted by atomic mass is 9.71. The number of hydrogen-bond acceptors (Lipinski definition) is 3. The van der Waals surface area contributed by atoms with Crippen LogP contribution in [-0.4, -0.2) is 50.0 Å². The molecule has 2 aliphatic carbocycles. The second kappa shape index (κ2) is 9.09. The minimum Gasteiger partial charge on any atom is -0.375 e. The number of ether oxygens (including phenoxy) is 3. The highest BCUT2D eigenvalue weighted by Crippen LogP contribution is 2.49. The maximum absolute atomic E-state index is 15.0. The van der Waals surface area contributed by atoms with Gasteiger partial charge in [-0.1, -0.05) is 26.7 Å². The van der Waals surface area contributed by atoms with Crippen LogP contribution >= 0.6 is 0 Å². The Morgan fingerprint density at radius 3 is 1.84 bits per heavy atom. The zero-order valence-corrected chi connectivity index (χ0v) is 15.7. The molecule has 146 valence electrons. The molecule has 25 heavy (non-hydrogen) atoms. The van der Waals surface area contributed by atoms with Gasteiger partial charge in [-0.2, -0.15) is 0 Å². The van der Waals surface area contributed by atoms with Crippen LogP contribution in [0, 0.1) is 11.8 Å². The van der Waals surface area contributed by atoms with Crippen molar-refractivity contribution >= 4 is 0 Å². The summed E-state index contributed by atoms with van der Waals surface area (Å²) < 4.78 is 47.2. The van der Waals surface area contributed by atoms with Crippen molar-refractivity contribution in [2.24, 2.45) is 11.8 Å². The summed E-state index contributed by atoms with van der Waals surface area (Å²) in [6, 6.07) is 0. The smallest absolute Gasteiger partial charge is 0.152 e. The van der Waals surface area contributed by atoms with Crippen LogP contribution < -0.4 is 0 Å². The van der Waals surface area contributed by atoms with Gasteiger partial charge in [-0.25, -0.2) is 8.78 Å². The lowest BCUT2D eigenvalue weighted by molar-refractivity contribution is -0.133. The molecule has 0 aromatic heterocycles. The first-order valence-corrected chi connectivity index (χ1v) is 10.3. The fourth-order valence-corrected chi connectivity index (χ4v) is 4.91. The van der Waals surface area contributed by atoms with Gasteiger partial charge in [-0.15, -0.1) is 0 Å². The van der Waals surface area contributed by atoms with Crippen molar-refractivity contribution in [2.45, 2.75) is 102 Å². The Labute approximate surface area is 150 Å². The summed E-state index contributed by atoms with van der Waals surface area (Å²) in [5.41, 5.74) is 0. The minimum atomic E-state index is -1.13. The molecule has 3 rings (SSSR count). The molecule has 0 amide bonds. The number of fused-ring (bicyclic) bond motifs is 3. The second-order valence-corrected chi connectivity index (χ2v) is 7.96. The van der Waals surface area contributed by atoms with Gasteiger partial charge in [0, 0.05) is 13.2 Å². The van der Waals surface area contributed by atoms with E-state index in [4.69, 9.17) is 14.2 Å². The molecular weight excluding hydrogens is 326 g/mol. The molecule has 1 saturated heterocycles. The lowest BCUT2D eigenvalue weighted by Gasteiger charge is -2.37. The third-order valence-electron chi connectivity index (χ3n) is 6.23. The molecule has 0 spiro atoms. The van der Waals surface area contributed by atoms with Crippen molar-refractivity contribution in [1.29, 1.82) is 0 Å². The Morgan fingerprint density at radius 2 is 1.32 bits per heavy atom. The number of unbranched alkanes of at least 4 members (excludes halogenated alkanes) is 2. The Balaban J connectivity index is 1.56. The number of halogens is 2. The van der Waals surface area contributed by atoms with Gasteiger partial charge >= 0.3 is 0 Å². The molecular formula is C20H34F2O3. The molecule has 3 fully saturated rings. The van der Waals surface area contributed by atoms with Crippen molar-refractivity contribution in [3.63, 3.8) is 0 Å². The molecule has 3 aliphatic rings. The summed E-state index contributed by atoms with van der Waals surface area (Å²) in [7, 11) is 0. The van der Waals surface area contributed by atoms with Gasteiger partial charge in [0.05, 0.1) is 24.4 Å². The molecule has 0 aromatic rings. The van der Waals surface area contributed by atoms with Crippen LogP contribution in [0.5, 0.6) is 0 Å². The maximum atomic E-state index is 15.0. The Hall–Kier alpha value is -0.260. The lowest BCUT2D eigenvalue weighted by Crippen LogP contribution is -2.45. The first-order valence-electron chi connectivity index (χ1n) is 10.3. The molecule has 0 radical (unpaired) electrons. The molecule has 3 nitrogen and oxygen atoms in total. The summed E-state index contributed by atoms with van der Waals surface area (Å²) in [4.78, 5) is 0. The second-order valence-electron chi connectivity index (χ2n) is 7.96. The summed E-state index contributed by atoms with van der Waals surface area (Å²) in [6.45, 7) is 5.35. The summed E-state index contributed by atoms with van der Waals surface area (Å²) in [5.74, 6) is 0.279. The summed E-state index contributed by atoms with van der Waals surface area (Å²) >= 11 is 0. The maximum Gasteiger partial charge on any atom is 0.152 e. The molecule has 0 bridgehead atoms. The van der Waals surface area contributed by atoms with Crippen molar-refractivity contribution in [3.8, 4) is 0 Å². The number of hydrogen-bond donors (Lipinski definition) is 0. The Morgan fingerprint density at radius 1 is 0.760 bits per heavy atom. The SMILES string of the molecule is CCCCCOC1CCC2C3CCC(OCCC)C(F)C3OC2C1F. The van der Waals surface area contributed by atoms with Gasteiger partial charge in [0.25, 0.3) is 0 Å². The predicted molar refractivity (Wildman–Crippen MR) is 93.2 cm³/mol. The van der Waals surface area contributed by atoms with Crippen LogP contribution in [0.25, 0.3) is 0 Å². The summed E-state index contributed by atoms with van der Waals surface area (Å²) in [5, 5.41) is 0. The van der Waals surface area contributed by atoms with Crippen molar-refractivity contribution in [2.75, 3.05) is 13.2 Å². The van der Waals surface area contributed by atoms with E-state index in [9.17, 15) is 8.78 Å². The summed E-state index contributed by atoms with van der Waals surface area (Å²) in [6.07, 6.45) is 3.29. The van der Waals surface area contributed by atoms with Crippen LogP contribution in [0.1, 0.15) is 65.2 Å². The predicted octanol–water partition coefficient (Wildman–Crippen LogP) is 4.62. The fourth-order valence-electron chi connectivity index (χ4n) is 4.91. The standard InChI is InChI=1S/C20H34F2O3/c1-3-5-6-12-24-16-10-8-14-13-7-9-15(23-11-4-2)17(21)19(13)25-20(14)18(16)22/h13-20H,3-12H2,1-2H3. The van der Waals surface area contributed by atoms with Gasteiger partial charge in [0.1, 0.15) is 0 Å². The number of alkyl halides is 2. The van der Waals surface area contributed by atoms with Gasteiger partial charge in [0.2, 0.25) is 0 Å². The van der Waals surface area contributed by atoms with E-state index in [2.05, 4.69) is 6.92 Å². The van der Waals surface area contributed by atoms with E-state index >= 15 is 0 Å². The van der Waals surface area contributed by atoms with Crippen LogP contribution in [-0.2, 0) is 14.2 Å². The highest BCUT2D eigenvalue weighted by Gasteiger charge is 2.57. The van der Waals surface area contributed by atoms with E-state index in [0.29, 0.717) is 13.2 Å². The van der Waals surface area contributed by atoms with Gasteiger partial charge < -0.3 is 14.2 Å². The van der Waals surface area contributed by atoms with E-state index in [1.54, 1.807) is 0 Å². The normalized spacial score (nSPS) is 43.7. The average Bonchev–Trinajstić information content (AvgIpc) is 3.00. The molecule has 1 heterocycles. The van der Waals surface area contributed by atoms with Crippen molar-refractivity contribution < 1.29 is 23.0 Å². The Bertz CT molecular complexity index is 408. The monoisotopic (exact) mass is 360 g/mol. The minimum absolute atomic E-state index is 0.140. The van der Waals surface area contributed by atoms with Crippen LogP contribution in [0.2, 0.25) is 0 Å².